The molecule has 2 heterocycles. The molecule has 5 nitrogen and oxygen atoms in total. The van der Waals surface area contributed by atoms with Crippen molar-refractivity contribution in [2.24, 2.45) is 0 Å². The summed E-state index contributed by atoms with van der Waals surface area (Å²) in [6, 6.07) is 23.4. The lowest BCUT2D eigenvalue weighted by Gasteiger charge is -2.20. The fraction of sp³-hybridized carbons (Fsp3) is 0.120. The highest BCUT2D eigenvalue weighted by atomic mass is 16.6. The van der Waals surface area contributed by atoms with Crippen molar-refractivity contribution >= 4 is 27.5 Å². The Labute approximate surface area is 173 Å². The molecule has 0 atom stereocenters. The van der Waals surface area contributed by atoms with Crippen LogP contribution in [0.2, 0.25) is 0 Å². The van der Waals surface area contributed by atoms with E-state index in [1.54, 1.807) is 12.1 Å². The van der Waals surface area contributed by atoms with Crippen molar-refractivity contribution in [1.82, 2.24) is 9.97 Å². The summed E-state index contributed by atoms with van der Waals surface area (Å²) in [6.07, 6.45) is 0. The van der Waals surface area contributed by atoms with Crippen molar-refractivity contribution in [1.29, 1.82) is 0 Å². The van der Waals surface area contributed by atoms with Gasteiger partial charge in [0, 0.05) is 50.7 Å². The Bertz CT molecular complexity index is 1330. The molecule has 5 rings (SSSR count). The van der Waals surface area contributed by atoms with Crippen molar-refractivity contribution in [3.8, 4) is 0 Å². The fourth-order valence-electron chi connectivity index (χ4n) is 4.69. The second-order valence-corrected chi connectivity index (χ2v) is 7.67. The minimum absolute atomic E-state index is 0.136. The topological polar surface area (TPSA) is 74.7 Å². The summed E-state index contributed by atoms with van der Waals surface area (Å²) >= 11 is 0. The number of aryl methyl sites for hydroxylation is 2. The highest BCUT2D eigenvalue weighted by molar-refractivity contribution is 5.91. The van der Waals surface area contributed by atoms with Crippen LogP contribution in [0.25, 0.3) is 21.8 Å². The van der Waals surface area contributed by atoms with E-state index in [0.29, 0.717) is 5.56 Å². The van der Waals surface area contributed by atoms with Crippen molar-refractivity contribution in [2.45, 2.75) is 19.8 Å². The largest absolute Gasteiger partial charge is 0.358 e. The number of H-pyrrole nitrogens is 2. The molecule has 2 aromatic heterocycles. The van der Waals surface area contributed by atoms with Crippen molar-refractivity contribution in [3.63, 3.8) is 0 Å². The third-order valence-corrected chi connectivity index (χ3v) is 5.91. The smallest absolute Gasteiger partial charge is 0.273 e. The molecule has 5 aromatic rings. The average molecular weight is 395 g/mol. The normalized spacial score (nSPS) is 11.6. The van der Waals surface area contributed by atoms with E-state index in [4.69, 9.17) is 0 Å². The number of nitro groups is 1. The predicted molar refractivity (Wildman–Crippen MR) is 120 cm³/mol. The van der Waals surface area contributed by atoms with Crippen LogP contribution in [0.5, 0.6) is 0 Å². The number of hydrogen-bond acceptors (Lipinski definition) is 2. The minimum atomic E-state index is -0.281. The van der Waals surface area contributed by atoms with E-state index in [1.165, 1.54) is 0 Å². The zero-order chi connectivity index (χ0) is 20.8. The molecule has 0 radical (unpaired) electrons. The van der Waals surface area contributed by atoms with Gasteiger partial charge in [-0.05, 0) is 37.1 Å². The molecule has 0 aliphatic rings. The lowest BCUT2D eigenvalue weighted by Crippen LogP contribution is -2.08. The Balaban J connectivity index is 1.92. The van der Waals surface area contributed by atoms with Crippen LogP contribution in [-0.4, -0.2) is 14.9 Å². The van der Waals surface area contributed by atoms with Crippen LogP contribution in [-0.2, 0) is 0 Å². The van der Waals surface area contributed by atoms with Crippen LogP contribution in [0.3, 0.4) is 0 Å². The lowest BCUT2D eigenvalue weighted by molar-refractivity contribution is -0.385. The molecular formula is C25H21N3O2. The van der Waals surface area contributed by atoms with Crippen molar-refractivity contribution in [2.75, 3.05) is 0 Å². The van der Waals surface area contributed by atoms with Crippen LogP contribution >= 0.6 is 0 Å². The second kappa shape index (κ2) is 6.88. The van der Waals surface area contributed by atoms with Crippen LogP contribution in [0.1, 0.15) is 34.0 Å². The first-order valence-electron chi connectivity index (χ1n) is 9.94. The maximum atomic E-state index is 12.0. The molecule has 148 valence electrons. The van der Waals surface area contributed by atoms with Gasteiger partial charge in [-0.3, -0.25) is 10.1 Å². The lowest BCUT2D eigenvalue weighted by atomic mass is 9.81. The van der Waals surface area contributed by atoms with Gasteiger partial charge in [-0.25, -0.2) is 0 Å². The number of hydrogen-bond donors (Lipinski definition) is 2. The Morgan fingerprint density at radius 3 is 1.73 bits per heavy atom. The van der Waals surface area contributed by atoms with Gasteiger partial charge in [-0.2, -0.15) is 0 Å². The molecule has 0 aliphatic carbocycles. The predicted octanol–water partition coefficient (Wildman–Crippen LogP) is 6.35. The first kappa shape index (κ1) is 18.2. The van der Waals surface area contributed by atoms with E-state index in [-0.39, 0.29) is 16.5 Å². The molecule has 0 fully saturated rings. The van der Waals surface area contributed by atoms with Gasteiger partial charge in [-0.1, -0.05) is 54.6 Å². The number of benzene rings is 3. The van der Waals surface area contributed by atoms with Gasteiger partial charge >= 0.3 is 0 Å². The molecule has 0 saturated carbocycles. The molecular weight excluding hydrogens is 374 g/mol. The van der Waals surface area contributed by atoms with E-state index in [1.807, 2.05) is 62.4 Å². The summed E-state index contributed by atoms with van der Waals surface area (Å²) in [5.74, 6) is -0.279. The Morgan fingerprint density at radius 2 is 1.20 bits per heavy atom. The monoisotopic (exact) mass is 395 g/mol. The van der Waals surface area contributed by atoms with Crippen LogP contribution in [0.4, 0.5) is 5.69 Å². The average Bonchev–Trinajstić information content (AvgIpc) is 3.25. The zero-order valence-corrected chi connectivity index (χ0v) is 16.8. The molecule has 30 heavy (non-hydrogen) atoms. The van der Waals surface area contributed by atoms with Gasteiger partial charge < -0.3 is 9.97 Å². The van der Waals surface area contributed by atoms with E-state index in [9.17, 15) is 10.1 Å². The molecule has 0 spiro atoms. The number of aromatic nitrogens is 2. The maximum Gasteiger partial charge on any atom is 0.273 e. The summed E-state index contributed by atoms with van der Waals surface area (Å²) < 4.78 is 0. The van der Waals surface area contributed by atoms with Crippen molar-refractivity contribution in [3.05, 3.63) is 111 Å². The molecule has 0 saturated heterocycles. The molecule has 3 aromatic carbocycles. The standard InChI is InChI=1S/C25H21N3O2/c1-15-23(17-9-3-6-12-20(17)26-15)25(19-11-5-8-14-22(19)28(29)30)24-16(2)27-21-13-7-4-10-18(21)24/h3-14,25-27H,1-2H3. The molecule has 0 bridgehead atoms. The second-order valence-electron chi connectivity index (χ2n) is 7.67. The summed E-state index contributed by atoms with van der Waals surface area (Å²) in [5, 5.41) is 14.1. The summed E-state index contributed by atoms with van der Waals surface area (Å²) in [4.78, 5) is 18.6. The number of fused-ring (bicyclic) bond motifs is 2. The number of nitrogens with zero attached hydrogens (tertiary/aromatic N) is 1. The van der Waals surface area contributed by atoms with Gasteiger partial charge in [0.2, 0.25) is 0 Å². The van der Waals surface area contributed by atoms with Crippen LogP contribution < -0.4 is 0 Å². The van der Waals surface area contributed by atoms with E-state index in [2.05, 4.69) is 22.1 Å². The summed E-state index contributed by atoms with van der Waals surface area (Å²) in [6.45, 7) is 4.09. The number of nitrogens with one attached hydrogen (secondary N) is 2. The highest BCUT2D eigenvalue weighted by Gasteiger charge is 2.31. The van der Waals surface area contributed by atoms with Gasteiger partial charge in [0.15, 0.2) is 0 Å². The number of rotatable bonds is 4. The number of aromatic amines is 2. The molecule has 0 unspecified atom stereocenters. The van der Waals surface area contributed by atoms with Gasteiger partial charge in [-0.15, -0.1) is 0 Å². The third kappa shape index (κ3) is 2.70. The molecule has 0 amide bonds. The van der Waals surface area contributed by atoms with Crippen LogP contribution in [0, 0.1) is 24.0 Å². The highest BCUT2D eigenvalue weighted by Crippen LogP contribution is 2.45. The number of para-hydroxylation sites is 3. The van der Waals surface area contributed by atoms with Crippen molar-refractivity contribution < 1.29 is 4.92 Å². The van der Waals surface area contributed by atoms with E-state index in [0.717, 1.165) is 44.3 Å². The van der Waals surface area contributed by atoms with Gasteiger partial charge in [0.25, 0.3) is 5.69 Å². The van der Waals surface area contributed by atoms with Crippen LogP contribution in [0.15, 0.2) is 72.8 Å². The Hall–Kier alpha value is -3.86. The third-order valence-electron chi connectivity index (χ3n) is 5.91. The Kier molecular flexibility index (Phi) is 4.17. The quantitative estimate of drug-likeness (QED) is 0.275. The molecule has 2 N–H and O–H groups in total. The Morgan fingerprint density at radius 1 is 0.733 bits per heavy atom. The number of nitro benzene ring substituents is 1. The fourth-order valence-corrected chi connectivity index (χ4v) is 4.69. The first-order valence-corrected chi connectivity index (χ1v) is 9.94. The summed E-state index contributed by atoms with van der Waals surface area (Å²) in [5.41, 5.74) is 7.09. The maximum absolute atomic E-state index is 12.0. The van der Waals surface area contributed by atoms with Gasteiger partial charge in [0.05, 0.1) is 4.92 Å². The SMILES string of the molecule is Cc1[nH]c2ccccc2c1C(c1ccccc1[N+](=O)[O-])c1c(C)[nH]c2ccccc12. The van der Waals surface area contributed by atoms with Gasteiger partial charge in [0.1, 0.15) is 0 Å². The van der Waals surface area contributed by atoms with E-state index >= 15 is 0 Å². The zero-order valence-electron chi connectivity index (χ0n) is 16.8. The molecule has 5 heteroatoms. The van der Waals surface area contributed by atoms with E-state index < -0.39 is 0 Å². The first-order chi connectivity index (χ1) is 14.6. The summed E-state index contributed by atoms with van der Waals surface area (Å²) in [7, 11) is 0. The minimum Gasteiger partial charge on any atom is -0.358 e. The molecule has 0 aliphatic heterocycles.